The molecular weight excluding hydrogens is 431 g/mol. The number of anilines is 1. The SMILES string of the molecule is COc1ccccc1-c1ccc(CNCCCNC(=O)Nc2ccc(C(F)(F)F)cc2)cc1. The lowest BCUT2D eigenvalue weighted by Gasteiger charge is -2.11. The molecule has 3 aromatic carbocycles. The number of carbonyl (C=O) groups is 1. The standard InChI is InChI=1S/C25H26F3N3O2/c1-33-23-6-3-2-5-22(23)19-9-7-18(8-10-19)17-29-15-4-16-30-24(32)31-21-13-11-20(12-14-21)25(26,27)28/h2-3,5-14,29H,4,15-17H2,1H3,(H2,30,31,32). The predicted octanol–water partition coefficient (Wildman–Crippen LogP) is 5.68. The Kier molecular flexibility index (Phi) is 8.32. The van der Waals surface area contributed by atoms with Gasteiger partial charge in [0.1, 0.15) is 5.75 Å². The van der Waals surface area contributed by atoms with Crippen LogP contribution in [0.5, 0.6) is 5.75 Å². The molecule has 0 aliphatic rings. The van der Waals surface area contributed by atoms with Gasteiger partial charge in [0.25, 0.3) is 0 Å². The molecule has 0 spiro atoms. The van der Waals surface area contributed by atoms with E-state index in [1.165, 1.54) is 12.1 Å². The summed E-state index contributed by atoms with van der Waals surface area (Å²) in [6.07, 6.45) is -3.69. The molecule has 0 saturated carbocycles. The van der Waals surface area contributed by atoms with Crippen LogP contribution in [0.4, 0.5) is 23.7 Å². The quantitative estimate of drug-likeness (QED) is 0.362. The van der Waals surface area contributed by atoms with Gasteiger partial charge < -0.3 is 20.7 Å². The first kappa shape index (κ1) is 24.1. The number of alkyl halides is 3. The van der Waals surface area contributed by atoms with Crippen LogP contribution in [0.2, 0.25) is 0 Å². The molecule has 0 heterocycles. The minimum atomic E-state index is -4.40. The molecule has 0 bridgehead atoms. The third kappa shape index (κ3) is 7.25. The molecule has 3 N–H and O–H groups in total. The molecule has 0 aliphatic carbocycles. The molecule has 0 unspecified atom stereocenters. The summed E-state index contributed by atoms with van der Waals surface area (Å²) in [6.45, 7) is 1.84. The Labute approximate surface area is 191 Å². The molecule has 0 aliphatic heterocycles. The summed E-state index contributed by atoms with van der Waals surface area (Å²) in [7, 11) is 1.66. The van der Waals surface area contributed by atoms with Crippen LogP contribution in [0.25, 0.3) is 11.1 Å². The summed E-state index contributed by atoms with van der Waals surface area (Å²) < 4.78 is 43.1. The van der Waals surface area contributed by atoms with Crippen LogP contribution in [-0.2, 0) is 12.7 Å². The van der Waals surface area contributed by atoms with Crippen molar-refractivity contribution < 1.29 is 22.7 Å². The highest BCUT2D eigenvalue weighted by atomic mass is 19.4. The zero-order valence-electron chi connectivity index (χ0n) is 18.2. The Balaban J connectivity index is 1.34. The number of hydrogen-bond acceptors (Lipinski definition) is 3. The first-order valence-electron chi connectivity index (χ1n) is 10.5. The number of para-hydroxylation sites is 1. The number of amides is 2. The fraction of sp³-hybridized carbons (Fsp3) is 0.240. The number of carbonyl (C=O) groups excluding carboxylic acids is 1. The number of urea groups is 1. The maximum atomic E-state index is 12.6. The number of halogens is 3. The van der Waals surface area contributed by atoms with Gasteiger partial charge in [-0.2, -0.15) is 13.2 Å². The fourth-order valence-electron chi connectivity index (χ4n) is 3.25. The number of hydrogen-bond donors (Lipinski definition) is 3. The van der Waals surface area contributed by atoms with E-state index in [-0.39, 0.29) is 0 Å². The lowest BCUT2D eigenvalue weighted by molar-refractivity contribution is -0.137. The van der Waals surface area contributed by atoms with Crippen molar-refractivity contribution in [2.45, 2.75) is 19.1 Å². The highest BCUT2D eigenvalue weighted by Gasteiger charge is 2.29. The highest BCUT2D eigenvalue weighted by molar-refractivity contribution is 5.89. The second-order valence-electron chi connectivity index (χ2n) is 7.38. The predicted molar refractivity (Wildman–Crippen MR) is 123 cm³/mol. The van der Waals surface area contributed by atoms with Gasteiger partial charge in [-0.25, -0.2) is 4.79 Å². The van der Waals surface area contributed by atoms with Crippen molar-refractivity contribution in [3.8, 4) is 16.9 Å². The van der Waals surface area contributed by atoms with Crippen LogP contribution in [0.3, 0.4) is 0 Å². The lowest BCUT2D eigenvalue weighted by Crippen LogP contribution is -2.31. The van der Waals surface area contributed by atoms with Gasteiger partial charge in [-0.3, -0.25) is 0 Å². The number of benzene rings is 3. The Morgan fingerprint density at radius 3 is 2.27 bits per heavy atom. The van der Waals surface area contributed by atoms with E-state index in [0.29, 0.717) is 31.7 Å². The van der Waals surface area contributed by atoms with E-state index in [1.54, 1.807) is 7.11 Å². The minimum absolute atomic E-state index is 0.301. The van der Waals surface area contributed by atoms with Gasteiger partial charge in [0, 0.05) is 24.3 Å². The molecule has 0 saturated heterocycles. The van der Waals surface area contributed by atoms with Crippen LogP contribution in [0.15, 0.2) is 72.8 Å². The molecule has 0 fully saturated rings. The zero-order chi connectivity index (χ0) is 23.7. The molecule has 0 atom stereocenters. The molecule has 5 nitrogen and oxygen atoms in total. The van der Waals surface area contributed by atoms with Crippen LogP contribution in [0, 0.1) is 0 Å². The van der Waals surface area contributed by atoms with E-state index in [2.05, 4.69) is 40.2 Å². The van der Waals surface area contributed by atoms with Crippen LogP contribution in [-0.4, -0.2) is 26.2 Å². The number of methoxy groups -OCH3 is 1. The van der Waals surface area contributed by atoms with Crippen molar-refractivity contribution >= 4 is 11.7 Å². The maximum Gasteiger partial charge on any atom is 0.416 e. The number of nitrogens with one attached hydrogen (secondary N) is 3. The van der Waals surface area contributed by atoms with Crippen molar-refractivity contribution in [1.82, 2.24) is 10.6 Å². The summed E-state index contributed by atoms with van der Waals surface area (Å²) in [6, 6.07) is 20.0. The third-order valence-corrected chi connectivity index (χ3v) is 4.99. The van der Waals surface area contributed by atoms with Crippen LogP contribution >= 0.6 is 0 Å². The van der Waals surface area contributed by atoms with Crippen molar-refractivity contribution in [2.24, 2.45) is 0 Å². The average molecular weight is 457 g/mol. The summed E-state index contributed by atoms with van der Waals surface area (Å²) in [4.78, 5) is 11.9. The van der Waals surface area contributed by atoms with Gasteiger partial charge in [0.05, 0.1) is 12.7 Å². The average Bonchev–Trinajstić information content (AvgIpc) is 2.81. The molecule has 3 aromatic rings. The highest BCUT2D eigenvalue weighted by Crippen LogP contribution is 2.30. The topological polar surface area (TPSA) is 62.4 Å². The van der Waals surface area contributed by atoms with Crippen LogP contribution in [0.1, 0.15) is 17.5 Å². The van der Waals surface area contributed by atoms with Crippen molar-refractivity contribution in [2.75, 3.05) is 25.5 Å². The van der Waals surface area contributed by atoms with E-state index in [0.717, 1.165) is 34.6 Å². The van der Waals surface area contributed by atoms with E-state index < -0.39 is 17.8 Å². The van der Waals surface area contributed by atoms with E-state index >= 15 is 0 Å². The Bertz CT molecular complexity index is 1040. The molecular formula is C25H26F3N3O2. The third-order valence-electron chi connectivity index (χ3n) is 4.99. The smallest absolute Gasteiger partial charge is 0.416 e. The molecule has 3 rings (SSSR count). The number of ether oxygens (including phenoxy) is 1. The zero-order valence-corrected chi connectivity index (χ0v) is 18.2. The minimum Gasteiger partial charge on any atom is -0.496 e. The molecule has 33 heavy (non-hydrogen) atoms. The maximum absolute atomic E-state index is 12.6. The lowest BCUT2D eigenvalue weighted by atomic mass is 10.0. The summed E-state index contributed by atoms with van der Waals surface area (Å²) >= 11 is 0. The largest absolute Gasteiger partial charge is 0.496 e. The van der Waals surface area contributed by atoms with Gasteiger partial charge in [-0.05, 0) is 54.4 Å². The van der Waals surface area contributed by atoms with Gasteiger partial charge >= 0.3 is 12.2 Å². The molecule has 2 amide bonds. The second-order valence-corrected chi connectivity index (χ2v) is 7.38. The second kappa shape index (κ2) is 11.4. The Morgan fingerprint density at radius 2 is 1.61 bits per heavy atom. The van der Waals surface area contributed by atoms with Gasteiger partial charge in [0.15, 0.2) is 0 Å². The molecule has 0 aromatic heterocycles. The first-order chi connectivity index (χ1) is 15.9. The van der Waals surface area contributed by atoms with Crippen LogP contribution < -0.4 is 20.7 Å². The van der Waals surface area contributed by atoms with Gasteiger partial charge in [0.2, 0.25) is 0 Å². The van der Waals surface area contributed by atoms with Gasteiger partial charge in [-0.1, -0.05) is 42.5 Å². The van der Waals surface area contributed by atoms with E-state index in [1.807, 2.05) is 24.3 Å². The van der Waals surface area contributed by atoms with E-state index in [9.17, 15) is 18.0 Å². The summed E-state index contributed by atoms with van der Waals surface area (Å²) in [5.41, 5.74) is 2.81. The van der Waals surface area contributed by atoms with E-state index in [4.69, 9.17) is 4.74 Å². The molecule has 174 valence electrons. The Hall–Kier alpha value is -3.52. The molecule has 0 radical (unpaired) electrons. The first-order valence-corrected chi connectivity index (χ1v) is 10.5. The summed E-state index contributed by atoms with van der Waals surface area (Å²) in [5.74, 6) is 0.832. The number of rotatable bonds is 9. The van der Waals surface area contributed by atoms with Crippen molar-refractivity contribution in [3.63, 3.8) is 0 Å². The molecule has 8 heteroatoms. The normalized spacial score (nSPS) is 11.2. The van der Waals surface area contributed by atoms with Crippen molar-refractivity contribution in [3.05, 3.63) is 83.9 Å². The van der Waals surface area contributed by atoms with Crippen molar-refractivity contribution in [1.29, 1.82) is 0 Å². The summed E-state index contributed by atoms with van der Waals surface area (Å²) in [5, 5.41) is 8.53. The Morgan fingerprint density at radius 1 is 0.909 bits per heavy atom. The van der Waals surface area contributed by atoms with Gasteiger partial charge in [-0.15, -0.1) is 0 Å². The fourth-order valence-corrected chi connectivity index (χ4v) is 3.25. The monoisotopic (exact) mass is 457 g/mol.